The van der Waals surface area contributed by atoms with Crippen molar-refractivity contribution in [3.05, 3.63) is 28.8 Å². The predicted molar refractivity (Wildman–Crippen MR) is 80.7 cm³/mol. The van der Waals surface area contributed by atoms with E-state index in [0.29, 0.717) is 6.61 Å². The average Bonchev–Trinajstić information content (AvgIpc) is 2.91. The first-order valence-electron chi connectivity index (χ1n) is 6.82. The number of methoxy groups -OCH3 is 1. The van der Waals surface area contributed by atoms with Crippen molar-refractivity contribution in [3.8, 4) is 22.1 Å². The summed E-state index contributed by atoms with van der Waals surface area (Å²) in [6, 6.07) is 6.00. The molecule has 1 aliphatic heterocycles. The topological polar surface area (TPSA) is 43.4 Å². The van der Waals surface area contributed by atoms with Crippen molar-refractivity contribution in [1.82, 2.24) is 10.3 Å². The monoisotopic (exact) mass is 290 g/mol. The van der Waals surface area contributed by atoms with E-state index in [0.717, 1.165) is 41.6 Å². The number of fused-ring (bicyclic) bond motifs is 1. The lowest BCUT2D eigenvalue weighted by Gasteiger charge is -2.10. The van der Waals surface area contributed by atoms with Crippen molar-refractivity contribution in [2.75, 3.05) is 20.3 Å². The molecule has 0 atom stereocenters. The molecular weight excluding hydrogens is 272 g/mol. The molecule has 1 aromatic heterocycles. The number of hydrogen-bond donors (Lipinski definition) is 1. The zero-order valence-corrected chi connectivity index (χ0v) is 12.5. The summed E-state index contributed by atoms with van der Waals surface area (Å²) >= 11 is 1.76. The Balaban J connectivity index is 1.97. The van der Waals surface area contributed by atoms with Crippen LogP contribution in [0, 0.1) is 0 Å². The Morgan fingerprint density at radius 2 is 2.25 bits per heavy atom. The first-order chi connectivity index (χ1) is 9.81. The van der Waals surface area contributed by atoms with Crippen LogP contribution < -0.4 is 14.8 Å². The highest BCUT2D eigenvalue weighted by Gasteiger charge is 2.16. The third-order valence-corrected chi connectivity index (χ3v) is 4.46. The maximum Gasteiger partial charge on any atom is 0.161 e. The van der Waals surface area contributed by atoms with E-state index in [1.165, 1.54) is 10.6 Å². The third-order valence-electron chi connectivity index (χ3n) is 3.31. The van der Waals surface area contributed by atoms with Crippen LogP contribution in [0.25, 0.3) is 10.6 Å². The van der Waals surface area contributed by atoms with Crippen LogP contribution in [0.5, 0.6) is 11.5 Å². The molecule has 3 rings (SSSR count). The summed E-state index contributed by atoms with van der Waals surface area (Å²) in [7, 11) is 1.66. The quantitative estimate of drug-likeness (QED) is 0.940. The molecule has 0 bridgehead atoms. The fourth-order valence-corrected chi connectivity index (χ4v) is 3.40. The lowest BCUT2D eigenvalue weighted by molar-refractivity contribution is 0.311. The van der Waals surface area contributed by atoms with Crippen molar-refractivity contribution >= 4 is 11.3 Å². The zero-order valence-electron chi connectivity index (χ0n) is 11.7. The molecule has 4 nitrogen and oxygen atoms in total. The molecule has 0 radical (unpaired) electrons. The van der Waals surface area contributed by atoms with Crippen LogP contribution in [0.2, 0.25) is 0 Å². The van der Waals surface area contributed by atoms with Gasteiger partial charge in [-0.15, -0.1) is 11.3 Å². The fraction of sp³-hybridized carbons (Fsp3) is 0.400. The van der Waals surface area contributed by atoms with Crippen molar-refractivity contribution in [3.63, 3.8) is 0 Å². The summed E-state index contributed by atoms with van der Waals surface area (Å²) < 4.78 is 10.9. The summed E-state index contributed by atoms with van der Waals surface area (Å²) in [5, 5.41) is 4.44. The van der Waals surface area contributed by atoms with Crippen LogP contribution >= 0.6 is 11.3 Å². The van der Waals surface area contributed by atoms with E-state index in [1.807, 2.05) is 25.1 Å². The molecule has 1 aliphatic rings. The van der Waals surface area contributed by atoms with Gasteiger partial charge in [0.1, 0.15) is 5.01 Å². The highest BCUT2D eigenvalue weighted by molar-refractivity contribution is 7.15. The van der Waals surface area contributed by atoms with E-state index < -0.39 is 0 Å². The van der Waals surface area contributed by atoms with E-state index in [-0.39, 0.29) is 0 Å². The average molecular weight is 290 g/mol. The van der Waals surface area contributed by atoms with Gasteiger partial charge in [0, 0.05) is 30.0 Å². The van der Waals surface area contributed by atoms with E-state index in [9.17, 15) is 0 Å². The molecule has 2 heterocycles. The van der Waals surface area contributed by atoms with E-state index in [1.54, 1.807) is 18.4 Å². The molecule has 0 unspecified atom stereocenters. The van der Waals surface area contributed by atoms with Crippen LogP contribution in [-0.4, -0.2) is 25.2 Å². The van der Waals surface area contributed by atoms with Crippen LogP contribution in [0.3, 0.4) is 0 Å². The number of nitrogens with one attached hydrogen (secondary N) is 1. The molecule has 106 valence electrons. The summed E-state index contributed by atoms with van der Waals surface area (Å²) in [4.78, 5) is 6.11. The van der Waals surface area contributed by atoms with Crippen LogP contribution in [0.15, 0.2) is 18.2 Å². The minimum absolute atomic E-state index is 0.623. The summed E-state index contributed by atoms with van der Waals surface area (Å²) in [6.45, 7) is 4.54. The Bertz CT molecular complexity index is 586. The number of hydrogen-bond acceptors (Lipinski definition) is 5. The summed E-state index contributed by atoms with van der Waals surface area (Å²) in [5.74, 6) is 1.54. The Morgan fingerprint density at radius 1 is 1.35 bits per heavy atom. The molecule has 1 aromatic carbocycles. The maximum atomic E-state index is 5.63. The third kappa shape index (κ3) is 2.51. The standard InChI is InChI=1S/C15H18N2O2S/c1-3-19-13-8-10(4-5-12(13)18-2)15-17-11-6-7-16-9-14(11)20-15/h4-5,8,16H,3,6-7,9H2,1-2H3. The molecule has 0 aliphatic carbocycles. The number of rotatable bonds is 4. The van der Waals surface area contributed by atoms with E-state index in [4.69, 9.17) is 14.5 Å². The lowest BCUT2D eigenvalue weighted by atomic mass is 10.2. The molecule has 0 fully saturated rings. The number of benzene rings is 1. The Labute approximate surface area is 122 Å². The largest absolute Gasteiger partial charge is 0.493 e. The second-order valence-electron chi connectivity index (χ2n) is 4.61. The molecule has 0 spiro atoms. The highest BCUT2D eigenvalue weighted by atomic mass is 32.1. The van der Waals surface area contributed by atoms with Gasteiger partial charge in [0.05, 0.1) is 19.4 Å². The van der Waals surface area contributed by atoms with Gasteiger partial charge in [-0.05, 0) is 25.1 Å². The zero-order chi connectivity index (χ0) is 13.9. The summed E-state index contributed by atoms with van der Waals surface area (Å²) in [5.41, 5.74) is 2.33. The first kappa shape index (κ1) is 13.4. The number of aromatic nitrogens is 1. The van der Waals surface area contributed by atoms with Gasteiger partial charge >= 0.3 is 0 Å². The van der Waals surface area contributed by atoms with Gasteiger partial charge in [0.25, 0.3) is 0 Å². The first-order valence-corrected chi connectivity index (χ1v) is 7.64. The maximum absolute atomic E-state index is 5.63. The fourth-order valence-electron chi connectivity index (χ4n) is 2.33. The summed E-state index contributed by atoms with van der Waals surface area (Å²) in [6.07, 6.45) is 1.01. The van der Waals surface area contributed by atoms with Crippen LogP contribution in [-0.2, 0) is 13.0 Å². The second kappa shape index (κ2) is 5.81. The van der Waals surface area contributed by atoms with Crippen LogP contribution in [0.1, 0.15) is 17.5 Å². The molecule has 1 N–H and O–H groups in total. The van der Waals surface area contributed by atoms with Gasteiger partial charge in [-0.1, -0.05) is 0 Å². The SMILES string of the molecule is CCOc1cc(-c2nc3c(s2)CNCC3)ccc1OC. The van der Waals surface area contributed by atoms with Crippen molar-refractivity contribution in [2.24, 2.45) is 0 Å². The molecule has 0 amide bonds. The van der Waals surface area contributed by atoms with Gasteiger partial charge in [-0.25, -0.2) is 4.98 Å². The number of nitrogens with zero attached hydrogens (tertiary/aromatic N) is 1. The normalized spacial score (nSPS) is 13.9. The van der Waals surface area contributed by atoms with Crippen molar-refractivity contribution < 1.29 is 9.47 Å². The Morgan fingerprint density at radius 3 is 3.00 bits per heavy atom. The predicted octanol–water partition coefficient (Wildman–Crippen LogP) is 2.86. The van der Waals surface area contributed by atoms with Gasteiger partial charge < -0.3 is 14.8 Å². The number of thiazole rings is 1. The molecule has 0 saturated carbocycles. The lowest BCUT2D eigenvalue weighted by Crippen LogP contribution is -2.22. The molecular formula is C15H18N2O2S. The van der Waals surface area contributed by atoms with Gasteiger partial charge in [-0.2, -0.15) is 0 Å². The smallest absolute Gasteiger partial charge is 0.161 e. The van der Waals surface area contributed by atoms with Crippen molar-refractivity contribution in [1.29, 1.82) is 0 Å². The van der Waals surface area contributed by atoms with Gasteiger partial charge in [0.2, 0.25) is 0 Å². The van der Waals surface area contributed by atoms with Gasteiger partial charge in [0.15, 0.2) is 11.5 Å². The van der Waals surface area contributed by atoms with Crippen LogP contribution in [0.4, 0.5) is 0 Å². The van der Waals surface area contributed by atoms with E-state index >= 15 is 0 Å². The molecule has 5 heteroatoms. The highest BCUT2D eigenvalue weighted by Crippen LogP contribution is 2.35. The van der Waals surface area contributed by atoms with Crippen molar-refractivity contribution in [2.45, 2.75) is 19.9 Å². The molecule has 2 aromatic rings. The Hall–Kier alpha value is -1.59. The molecule has 0 saturated heterocycles. The van der Waals surface area contributed by atoms with E-state index in [2.05, 4.69) is 5.32 Å². The molecule has 20 heavy (non-hydrogen) atoms. The number of ether oxygens (including phenoxy) is 2. The second-order valence-corrected chi connectivity index (χ2v) is 5.70. The Kier molecular flexibility index (Phi) is 3.89. The minimum atomic E-state index is 0.623. The van der Waals surface area contributed by atoms with Gasteiger partial charge in [-0.3, -0.25) is 0 Å². The minimum Gasteiger partial charge on any atom is -0.493 e.